The molecule has 19 heavy (non-hydrogen) atoms. The van der Waals surface area contributed by atoms with E-state index in [2.05, 4.69) is 0 Å². The number of nitrogens with zero attached hydrogens (tertiary/aromatic N) is 1. The van der Waals surface area contributed by atoms with Crippen LogP contribution in [0.2, 0.25) is 10.0 Å². The number of halogens is 2. The number of hydrogen-bond donors (Lipinski definition) is 0. The van der Waals surface area contributed by atoms with E-state index < -0.39 is 4.65 Å². The largest absolute Gasteiger partial charge is 0.621 e. The molecular formula is C13H11Cl2NO2S. The number of hydrogen-bond acceptors (Lipinski definition) is 2. The van der Waals surface area contributed by atoms with Gasteiger partial charge < -0.3 is 5.21 Å². The molecule has 0 aromatic heterocycles. The molecule has 1 aromatic carbocycles. The summed E-state index contributed by atoms with van der Waals surface area (Å²) in [5.41, 5.74) is 1.22. The summed E-state index contributed by atoms with van der Waals surface area (Å²) in [5, 5.41) is 13.7. The molecule has 0 saturated heterocycles. The van der Waals surface area contributed by atoms with Crippen molar-refractivity contribution >= 4 is 39.4 Å². The summed E-state index contributed by atoms with van der Waals surface area (Å²) in [6.07, 6.45) is 4.81. The van der Waals surface area contributed by atoms with Gasteiger partial charge in [0.15, 0.2) is 11.3 Å². The maximum absolute atomic E-state index is 12.8. The Kier molecular flexibility index (Phi) is 4.28. The second kappa shape index (κ2) is 5.61. The molecule has 0 bridgehead atoms. The summed E-state index contributed by atoms with van der Waals surface area (Å²) >= 11 is 12.4. The van der Waals surface area contributed by atoms with Crippen molar-refractivity contribution in [2.45, 2.75) is 13.5 Å². The van der Waals surface area contributed by atoms with Gasteiger partial charge in [-0.05, 0) is 31.2 Å². The predicted octanol–water partition coefficient (Wildman–Crippen LogP) is 3.62. The van der Waals surface area contributed by atoms with Gasteiger partial charge in [0, 0.05) is 11.1 Å². The molecule has 0 N–H and O–H groups in total. The molecule has 0 amide bonds. The summed E-state index contributed by atoms with van der Waals surface area (Å²) in [6.45, 7) is 1.74. The Bertz CT molecular complexity index is 615. The fraction of sp³-hybridized carbons (Fsp3) is 0.154. The van der Waals surface area contributed by atoms with E-state index in [0.29, 0.717) is 21.2 Å². The third-order valence-electron chi connectivity index (χ3n) is 2.89. The van der Waals surface area contributed by atoms with Crippen molar-refractivity contribution in [3.8, 4) is 0 Å². The van der Waals surface area contributed by atoms with Crippen LogP contribution in [0.1, 0.15) is 12.5 Å². The van der Waals surface area contributed by atoms with Crippen LogP contribution < -0.4 is 0 Å². The summed E-state index contributed by atoms with van der Waals surface area (Å²) in [6, 6.07) is 5.07. The lowest BCUT2D eigenvalue weighted by molar-refractivity contribution is -0.745. The lowest BCUT2D eigenvalue weighted by Gasteiger charge is -2.40. The molecule has 0 fully saturated rings. The second-order valence-corrected chi connectivity index (χ2v) is 5.60. The SMILES string of the molecule is CC1=CC=C[N+]([O-])(Cc2c(Cl)cccc2Cl)C1=S=O. The highest BCUT2D eigenvalue weighted by Crippen LogP contribution is 2.30. The van der Waals surface area contributed by atoms with Crippen molar-refractivity contribution in [1.29, 1.82) is 0 Å². The Balaban J connectivity index is 2.45. The highest BCUT2D eigenvalue weighted by atomic mass is 35.5. The molecule has 2 rings (SSSR count). The minimum Gasteiger partial charge on any atom is -0.621 e. The fourth-order valence-corrected chi connectivity index (χ4v) is 2.90. The van der Waals surface area contributed by atoms with E-state index in [-0.39, 0.29) is 22.8 Å². The van der Waals surface area contributed by atoms with Crippen LogP contribution in [0.4, 0.5) is 0 Å². The van der Waals surface area contributed by atoms with E-state index in [4.69, 9.17) is 23.2 Å². The minimum absolute atomic E-state index is 0.00472. The molecule has 100 valence electrons. The molecule has 3 nitrogen and oxygen atoms in total. The van der Waals surface area contributed by atoms with Crippen molar-refractivity contribution in [2.24, 2.45) is 0 Å². The zero-order valence-electron chi connectivity index (χ0n) is 10.1. The maximum atomic E-state index is 12.8. The van der Waals surface area contributed by atoms with Gasteiger partial charge in [0.25, 0.3) is 0 Å². The number of rotatable bonds is 2. The van der Waals surface area contributed by atoms with E-state index in [1.54, 1.807) is 37.3 Å². The Morgan fingerprint density at radius 1 is 1.32 bits per heavy atom. The van der Waals surface area contributed by atoms with Gasteiger partial charge in [-0.2, -0.15) is 0 Å². The van der Waals surface area contributed by atoms with Crippen molar-refractivity contribution in [1.82, 2.24) is 0 Å². The first-order valence-electron chi connectivity index (χ1n) is 5.53. The normalized spacial score (nSPS) is 22.3. The van der Waals surface area contributed by atoms with E-state index in [9.17, 15) is 9.42 Å². The molecule has 1 aliphatic rings. The number of allylic oxidation sites excluding steroid dienone is 2. The summed E-state index contributed by atoms with van der Waals surface area (Å²) < 4.78 is 10.3. The summed E-state index contributed by atoms with van der Waals surface area (Å²) in [4.78, 5) is 0.207. The minimum atomic E-state index is -0.861. The number of hydroxylamine groups is 3. The lowest BCUT2D eigenvalue weighted by atomic mass is 10.1. The molecule has 1 unspecified atom stereocenters. The van der Waals surface area contributed by atoms with Crippen molar-refractivity contribution in [2.75, 3.05) is 0 Å². The van der Waals surface area contributed by atoms with Crippen LogP contribution in [0, 0.1) is 5.21 Å². The second-order valence-electron chi connectivity index (χ2n) is 4.23. The Morgan fingerprint density at radius 2 is 1.95 bits per heavy atom. The standard InChI is InChI=1S/C13H11Cl2NO2S/c1-9-4-3-7-16(17,13(9)19-18)8-10-11(14)5-2-6-12(10)15/h2-7H,8H2,1H3. The summed E-state index contributed by atoms with van der Waals surface area (Å²) in [7, 11) is 0. The average molecular weight is 316 g/mol. The maximum Gasteiger partial charge on any atom is 0.234 e. The Morgan fingerprint density at radius 3 is 2.53 bits per heavy atom. The summed E-state index contributed by atoms with van der Waals surface area (Å²) in [5.74, 6) is 0. The van der Waals surface area contributed by atoms with Gasteiger partial charge in [0.05, 0.1) is 10.0 Å². The smallest absolute Gasteiger partial charge is 0.234 e. The van der Waals surface area contributed by atoms with Crippen molar-refractivity contribution in [3.63, 3.8) is 0 Å². The first-order valence-corrected chi connectivity index (χ1v) is 7.03. The van der Waals surface area contributed by atoms with Crippen LogP contribution in [0.15, 0.2) is 42.1 Å². The van der Waals surface area contributed by atoms with Crippen LogP contribution in [0.3, 0.4) is 0 Å². The van der Waals surface area contributed by atoms with Crippen LogP contribution in [0.5, 0.6) is 0 Å². The molecule has 1 atom stereocenters. The molecule has 1 aliphatic heterocycles. The fourth-order valence-electron chi connectivity index (χ4n) is 1.94. The molecule has 0 saturated carbocycles. The molecule has 0 aliphatic carbocycles. The third kappa shape index (κ3) is 2.83. The van der Waals surface area contributed by atoms with Gasteiger partial charge >= 0.3 is 0 Å². The van der Waals surface area contributed by atoms with Gasteiger partial charge in [-0.1, -0.05) is 29.3 Å². The molecule has 1 aromatic rings. The van der Waals surface area contributed by atoms with E-state index in [1.165, 1.54) is 6.20 Å². The Labute approximate surface area is 125 Å². The third-order valence-corrected chi connectivity index (χ3v) is 4.38. The average Bonchev–Trinajstić information content (AvgIpc) is 2.34. The van der Waals surface area contributed by atoms with Gasteiger partial charge in [-0.3, -0.25) is 4.65 Å². The van der Waals surface area contributed by atoms with Gasteiger partial charge in [-0.25, -0.2) is 4.21 Å². The van der Waals surface area contributed by atoms with Crippen LogP contribution in [-0.2, 0) is 17.8 Å². The van der Waals surface area contributed by atoms with Crippen LogP contribution in [0.25, 0.3) is 0 Å². The first kappa shape index (κ1) is 14.5. The van der Waals surface area contributed by atoms with Gasteiger partial charge in [-0.15, -0.1) is 0 Å². The quantitative estimate of drug-likeness (QED) is 0.475. The first-order chi connectivity index (χ1) is 8.98. The predicted molar refractivity (Wildman–Crippen MR) is 79.8 cm³/mol. The topological polar surface area (TPSA) is 40.1 Å². The van der Waals surface area contributed by atoms with E-state index >= 15 is 0 Å². The highest BCUT2D eigenvalue weighted by molar-refractivity contribution is 7.66. The van der Waals surface area contributed by atoms with Gasteiger partial charge in [0.1, 0.15) is 12.7 Å². The van der Waals surface area contributed by atoms with Crippen molar-refractivity contribution < 1.29 is 8.86 Å². The Hall–Kier alpha value is -0.910. The molecule has 0 radical (unpaired) electrons. The van der Waals surface area contributed by atoms with Crippen LogP contribution in [-0.4, -0.2) is 13.8 Å². The molecular weight excluding hydrogens is 305 g/mol. The monoisotopic (exact) mass is 315 g/mol. The number of quaternary nitrogens is 1. The zero-order chi connectivity index (χ0) is 14.0. The van der Waals surface area contributed by atoms with E-state index in [1.807, 2.05) is 0 Å². The zero-order valence-corrected chi connectivity index (χ0v) is 12.4. The lowest BCUT2D eigenvalue weighted by Crippen LogP contribution is -2.43. The van der Waals surface area contributed by atoms with Crippen molar-refractivity contribution in [3.05, 3.63) is 62.9 Å². The highest BCUT2D eigenvalue weighted by Gasteiger charge is 2.28. The molecule has 6 heteroatoms. The van der Waals surface area contributed by atoms with Crippen LogP contribution >= 0.6 is 23.2 Å². The number of benzene rings is 1. The van der Waals surface area contributed by atoms with Gasteiger partial charge in [0.2, 0.25) is 4.99 Å². The molecule has 1 heterocycles. The van der Waals surface area contributed by atoms with E-state index in [0.717, 1.165) is 0 Å². The molecule has 0 spiro atoms.